The maximum Gasteiger partial charge on any atom is 0.332 e. The molecule has 0 saturated carbocycles. The molecule has 0 saturated heterocycles. The van der Waals surface area contributed by atoms with Gasteiger partial charge in [-0.15, -0.1) is 0 Å². The third-order valence-corrected chi connectivity index (χ3v) is 1.39. The van der Waals surface area contributed by atoms with Crippen LogP contribution in [0.3, 0.4) is 0 Å². The summed E-state index contributed by atoms with van der Waals surface area (Å²) in [6, 6.07) is 0. The molecule has 0 rings (SSSR count). The maximum atomic E-state index is 10.7. The predicted octanol–water partition coefficient (Wildman–Crippen LogP) is 0.935. The summed E-state index contributed by atoms with van der Waals surface area (Å²) in [6.45, 7) is 2.65. The Balaban J connectivity index is 3.06. The average molecular weight is 188 g/mol. The molecule has 4 heteroatoms. The van der Waals surface area contributed by atoms with E-state index in [1.54, 1.807) is 6.92 Å². The first-order valence-corrected chi connectivity index (χ1v) is 4.48. The molecule has 0 heterocycles. The van der Waals surface area contributed by atoms with Gasteiger partial charge in [0.25, 0.3) is 0 Å². The van der Waals surface area contributed by atoms with E-state index in [1.165, 1.54) is 0 Å². The lowest BCUT2D eigenvalue weighted by molar-refractivity contribution is -0.148. The van der Waals surface area contributed by atoms with Gasteiger partial charge in [-0.25, -0.2) is 4.79 Å². The molecule has 0 aliphatic carbocycles. The van der Waals surface area contributed by atoms with Crippen LogP contribution in [0.4, 0.5) is 0 Å². The second-order valence-corrected chi connectivity index (χ2v) is 2.52. The molecule has 0 aliphatic rings. The highest BCUT2D eigenvalue weighted by atomic mass is 16.6. The molecular formula is C9H16O4. The van der Waals surface area contributed by atoms with Gasteiger partial charge in [0, 0.05) is 13.0 Å². The van der Waals surface area contributed by atoms with Crippen molar-refractivity contribution in [3.8, 4) is 0 Å². The molecule has 0 fully saturated rings. The van der Waals surface area contributed by atoms with Crippen LogP contribution in [0.25, 0.3) is 0 Å². The highest BCUT2D eigenvalue weighted by Crippen LogP contribution is 1.93. The number of unbranched alkanes of at least 4 members (excludes halogenated alkanes) is 2. The van der Waals surface area contributed by atoms with Gasteiger partial charge in [0.1, 0.15) is 12.9 Å². The second kappa shape index (κ2) is 9.19. The van der Waals surface area contributed by atoms with Gasteiger partial charge in [-0.05, 0) is 19.8 Å². The van der Waals surface area contributed by atoms with Crippen LogP contribution in [0.5, 0.6) is 0 Å². The lowest BCUT2D eigenvalue weighted by Gasteiger charge is -2.02. The van der Waals surface area contributed by atoms with Gasteiger partial charge in [0.15, 0.2) is 0 Å². The Morgan fingerprint density at radius 1 is 1.38 bits per heavy atom. The fourth-order valence-electron chi connectivity index (χ4n) is 0.790. The SMILES string of the molecule is CCOC(=O)COCCCCC=O. The number of hydrogen-bond donors (Lipinski definition) is 0. The van der Waals surface area contributed by atoms with Crippen molar-refractivity contribution >= 4 is 12.3 Å². The fourth-order valence-corrected chi connectivity index (χ4v) is 0.790. The van der Waals surface area contributed by atoms with E-state index in [-0.39, 0.29) is 12.6 Å². The highest BCUT2D eigenvalue weighted by molar-refractivity contribution is 5.70. The van der Waals surface area contributed by atoms with Gasteiger partial charge < -0.3 is 14.3 Å². The van der Waals surface area contributed by atoms with Crippen LogP contribution >= 0.6 is 0 Å². The Morgan fingerprint density at radius 3 is 2.77 bits per heavy atom. The van der Waals surface area contributed by atoms with Crippen molar-refractivity contribution in [3.63, 3.8) is 0 Å². The van der Waals surface area contributed by atoms with Gasteiger partial charge in [-0.1, -0.05) is 0 Å². The number of carbonyl (C=O) groups is 2. The molecular weight excluding hydrogens is 172 g/mol. The van der Waals surface area contributed by atoms with Crippen molar-refractivity contribution in [3.05, 3.63) is 0 Å². The average Bonchev–Trinajstić information content (AvgIpc) is 2.11. The summed E-state index contributed by atoms with van der Waals surface area (Å²) in [5.41, 5.74) is 0. The largest absolute Gasteiger partial charge is 0.464 e. The molecule has 0 aromatic rings. The Morgan fingerprint density at radius 2 is 2.15 bits per heavy atom. The van der Waals surface area contributed by atoms with E-state index in [0.29, 0.717) is 19.6 Å². The van der Waals surface area contributed by atoms with Crippen LogP contribution < -0.4 is 0 Å². The van der Waals surface area contributed by atoms with Crippen LogP contribution in [0, 0.1) is 0 Å². The quantitative estimate of drug-likeness (QED) is 0.323. The van der Waals surface area contributed by atoms with Crippen LogP contribution in [0.15, 0.2) is 0 Å². The number of hydrogen-bond acceptors (Lipinski definition) is 4. The first-order valence-electron chi connectivity index (χ1n) is 4.48. The predicted molar refractivity (Wildman–Crippen MR) is 47.4 cm³/mol. The molecule has 0 aliphatic heterocycles. The molecule has 0 aromatic carbocycles. The molecule has 13 heavy (non-hydrogen) atoms. The molecule has 0 spiro atoms. The number of carbonyl (C=O) groups excluding carboxylic acids is 2. The van der Waals surface area contributed by atoms with Crippen molar-refractivity contribution in [1.29, 1.82) is 0 Å². The normalized spacial score (nSPS) is 9.62. The summed E-state index contributed by atoms with van der Waals surface area (Å²) >= 11 is 0. The number of rotatable bonds is 8. The zero-order chi connectivity index (χ0) is 9.94. The zero-order valence-corrected chi connectivity index (χ0v) is 7.95. The smallest absolute Gasteiger partial charge is 0.332 e. The molecule has 0 unspecified atom stereocenters. The standard InChI is InChI=1S/C9H16O4/c1-2-13-9(11)8-12-7-5-3-4-6-10/h6H,2-5,7-8H2,1H3. The van der Waals surface area contributed by atoms with Gasteiger partial charge >= 0.3 is 5.97 Å². The van der Waals surface area contributed by atoms with Gasteiger partial charge in [-0.2, -0.15) is 0 Å². The Bertz CT molecular complexity index is 145. The molecule has 0 atom stereocenters. The molecule has 0 bridgehead atoms. The Kier molecular flexibility index (Phi) is 8.55. The number of aldehydes is 1. The van der Waals surface area contributed by atoms with Crippen molar-refractivity contribution in [1.82, 2.24) is 0 Å². The summed E-state index contributed by atoms with van der Waals surface area (Å²) in [4.78, 5) is 20.6. The lowest BCUT2D eigenvalue weighted by atomic mass is 10.3. The summed E-state index contributed by atoms with van der Waals surface area (Å²) in [5, 5.41) is 0. The summed E-state index contributed by atoms with van der Waals surface area (Å²) in [7, 11) is 0. The van der Waals surface area contributed by atoms with Crippen LogP contribution in [-0.4, -0.2) is 32.1 Å². The van der Waals surface area contributed by atoms with E-state index in [0.717, 1.165) is 19.1 Å². The summed E-state index contributed by atoms with van der Waals surface area (Å²) in [5.74, 6) is -0.335. The van der Waals surface area contributed by atoms with Crippen molar-refractivity contribution < 1.29 is 19.1 Å². The second-order valence-electron chi connectivity index (χ2n) is 2.52. The molecule has 4 nitrogen and oxygen atoms in total. The first kappa shape index (κ1) is 12.1. The number of ether oxygens (including phenoxy) is 2. The van der Waals surface area contributed by atoms with E-state index >= 15 is 0 Å². The van der Waals surface area contributed by atoms with E-state index < -0.39 is 0 Å². The molecule has 0 N–H and O–H groups in total. The highest BCUT2D eigenvalue weighted by Gasteiger charge is 1.99. The van der Waals surface area contributed by atoms with E-state index in [1.807, 2.05) is 0 Å². The van der Waals surface area contributed by atoms with Crippen LogP contribution in [0.1, 0.15) is 26.2 Å². The zero-order valence-electron chi connectivity index (χ0n) is 7.95. The Hall–Kier alpha value is -0.900. The minimum absolute atomic E-state index is 0.00886. The van der Waals surface area contributed by atoms with Gasteiger partial charge in [0.05, 0.1) is 6.61 Å². The molecule has 0 amide bonds. The number of esters is 1. The van der Waals surface area contributed by atoms with Gasteiger partial charge in [-0.3, -0.25) is 0 Å². The van der Waals surface area contributed by atoms with Gasteiger partial charge in [0.2, 0.25) is 0 Å². The van der Waals surface area contributed by atoms with Crippen LogP contribution in [0.2, 0.25) is 0 Å². The van der Waals surface area contributed by atoms with E-state index in [9.17, 15) is 9.59 Å². The van der Waals surface area contributed by atoms with E-state index in [4.69, 9.17) is 4.74 Å². The molecule has 0 radical (unpaired) electrons. The Labute approximate surface area is 78.2 Å². The lowest BCUT2D eigenvalue weighted by Crippen LogP contribution is -2.12. The first-order chi connectivity index (χ1) is 6.31. The van der Waals surface area contributed by atoms with Crippen molar-refractivity contribution in [2.75, 3.05) is 19.8 Å². The monoisotopic (exact) mass is 188 g/mol. The minimum Gasteiger partial charge on any atom is -0.464 e. The molecule has 76 valence electrons. The third kappa shape index (κ3) is 9.01. The van der Waals surface area contributed by atoms with Crippen LogP contribution in [-0.2, 0) is 19.1 Å². The topological polar surface area (TPSA) is 52.6 Å². The maximum absolute atomic E-state index is 10.7. The summed E-state index contributed by atoms with van der Waals surface area (Å²) < 4.78 is 9.65. The fraction of sp³-hybridized carbons (Fsp3) is 0.778. The van der Waals surface area contributed by atoms with Crippen molar-refractivity contribution in [2.24, 2.45) is 0 Å². The summed E-state index contributed by atoms with van der Waals surface area (Å²) in [6.07, 6.45) is 3.05. The molecule has 0 aromatic heterocycles. The van der Waals surface area contributed by atoms with Crippen molar-refractivity contribution in [2.45, 2.75) is 26.2 Å². The van der Waals surface area contributed by atoms with E-state index in [2.05, 4.69) is 4.74 Å². The third-order valence-electron chi connectivity index (χ3n) is 1.39. The minimum atomic E-state index is -0.335.